The van der Waals surface area contributed by atoms with Crippen LogP contribution in [0.15, 0.2) is 0 Å². The molecule has 0 aromatic heterocycles. The highest BCUT2D eigenvalue weighted by molar-refractivity contribution is 7.81. The summed E-state index contributed by atoms with van der Waals surface area (Å²) >= 11 is 0. The standard InChI is InChI=1S/C14H25NO17S2/c1-4(16)15-7-12(9(18)6(30-13(7)21)3-29-34(25,26)27)32-14-11(20)10(19)8(17)5(31-14)2-28-33(22,23)24/h5-14,17-21H,2-3H2,1H3,(H,15,16)(H,22,23,24)(H,25,26,27)/t5-,6-,7-,8+,9-,10+,11-,12-,13?,14+/m1/s1. The van der Waals surface area contributed by atoms with Crippen LogP contribution in [0.4, 0.5) is 0 Å². The number of carbonyl (C=O) groups excluding carboxylic acids is 1. The van der Waals surface area contributed by atoms with Crippen molar-refractivity contribution in [3.63, 3.8) is 0 Å². The Hall–Kier alpha value is -1.11. The molecule has 20 heteroatoms. The third-order valence-electron chi connectivity index (χ3n) is 4.79. The number of nitrogens with one attached hydrogen (secondary N) is 1. The number of rotatable bonds is 9. The van der Waals surface area contributed by atoms with Crippen molar-refractivity contribution in [2.75, 3.05) is 13.2 Å². The van der Waals surface area contributed by atoms with Crippen LogP contribution in [-0.2, 0) is 48.2 Å². The first-order valence-corrected chi connectivity index (χ1v) is 12.1. The lowest BCUT2D eigenvalue weighted by molar-refractivity contribution is -0.340. The minimum Gasteiger partial charge on any atom is -0.388 e. The number of amides is 1. The van der Waals surface area contributed by atoms with Gasteiger partial charge in [0.2, 0.25) is 5.91 Å². The first-order valence-electron chi connectivity index (χ1n) is 9.37. The van der Waals surface area contributed by atoms with Gasteiger partial charge in [0.15, 0.2) is 12.6 Å². The van der Waals surface area contributed by atoms with Gasteiger partial charge in [0.05, 0.1) is 13.2 Å². The zero-order valence-corrected chi connectivity index (χ0v) is 18.9. The number of aliphatic hydroxyl groups is 5. The van der Waals surface area contributed by atoms with Gasteiger partial charge in [-0.2, -0.15) is 16.8 Å². The predicted octanol–water partition coefficient (Wildman–Crippen LogP) is -5.60. The van der Waals surface area contributed by atoms with E-state index >= 15 is 0 Å². The summed E-state index contributed by atoms with van der Waals surface area (Å²) in [5.74, 6) is -0.749. The van der Waals surface area contributed by atoms with Crippen LogP contribution in [0.2, 0.25) is 0 Å². The second kappa shape index (κ2) is 11.3. The molecule has 2 aliphatic heterocycles. The second-order valence-electron chi connectivity index (χ2n) is 7.32. The molecule has 2 heterocycles. The molecule has 0 spiro atoms. The molecular formula is C14H25NO17S2. The monoisotopic (exact) mass is 543 g/mol. The largest absolute Gasteiger partial charge is 0.397 e. The summed E-state index contributed by atoms with van der Waals surface area (Å²) in [4.78, 5) is 11.5. The van der Waals surface area contributed by atoms with E-state index in [0.717, 1.165) is 6.92 Å². The normalized spacial score (nSPS) is 39.5. The Morgan fingerprint density at radius 2 is 1.32 bits per heavy atom. The van der Waals surface area contributed by atoms with E-state index in [1.54, 1.807) is 0 Å². The molecule has 0 aromatic carbocycles. The maximum absolute atomic E-state index is 11.5. The molecular weight excluding hydrogens is 518 g/mol. The highest BCUT2D eigenvalue weighted by atomic mass is 32.3. The first kappa shape index (κ1) is 29.1. The molecule has 2 saturated heterocycles. The smallest absolute Gasteiger partial charge is 0.388 e. The molecule has 0 radical (unpaired) electrons. The van der Waals surface area contributed by atoms with E-state index in [-0.39, 0.29) is 0 Å². The molecule has 200 valence electrons. The molecule has 8 N–H and O–H groups in total. The van der Waals surface area contributed by atoms with Gasteiger partial charge in [0, 0.05) is 6.92 Å². The Morgan fingerprint density at radius 3 is 1.79 bits per heavy atom. The topological polar surface area (TPSA) is 285 Å². The van der Waals surface area contributed by atoms with Gasteiger partial charge in [0.25, 0.3) is 0 Å². The highest BCUT2D eigenvalue weighted by Crippen LogP contribution is 2.29. The highest BCUT2D eigenvalue weighted by Gasteiger charge is 2.51. The number of aliphatic hydroxyl groups excluding tert-OH is 5. The summed E-state index contributed by atoms with van der Waals surface area (Å²) in [5, 5.41) is 53.2. The predicted molar refractivity (Wildman–Crippen MR) is 101 cm³/mol. The van der Waals surface area contributed by atoms with Crippen molar-refractivity contribution in [1.82, 2.24) is 5.32 Å². The molecule has 1 unspecified atom stereocenters. The van der Waals surface area contributed by atoms with Crippen LogP contribution in [0.25, 0.3) is 0 Å². The van der Waals surface area contributed by atoms with Crippen molar-refractivity contribution in [3.05, 3.63) is 0 Å². The van der Waals surface area contributed by atoms with Crippen molar-refractivity contribution in [1.29, 1.82) is 0 Å². The lowest BCUT2D eigenvalue weighted by Gasteiger charge is -2.46. The fourth-order valence-electron chi connectivity index (χ4n) is 3.25. The zero-order valence-electron chi connectivity index (χ0n) is 17.2. The van der Waals surface area contributed by atoms with Crippen LogP contribution in [0, 0.1) is 0 Å². The minimum absolute atomic E-state index is 0.749. The van der Waals surface area contributed by atoms with Crippen molar-refractivity contribution >= 4 is 26.7 Å². The lowest BCUT2D eigenvalue weighted by Crippen LogP contribution is -2.67. The molecule has 0 saturated carbocycles. The van der Waals surface area contributed by atoms with Crippen molar-refractivity contribution < 1.29 is 78.8 Å². The Labute approximate surface area is 192 Å². The van der Waals surface area contributed by atoms with E-state index in [9.17, 15) is 47.2 Å². The molecule has 2 fully saturated rings. The van der Waals surface area contributed by atoms with Gasteiger partial charge in [-0.25, -0.2) is 8.37 Å². The molecule has 0 aliphatic carbocycles. The van der Waals surface area contributed by atoms with Gasteiger partial charge in [-0.3, -0.25) is 13.9 Å². The van der Waals surface area contributed by atoms with Crippen LogP contribution >= 0.6 is 0 Å². The van der Waals surface area contributed by atoms with E-state index in [1.165, 1.54) is 0 Å². The molecule has 18 nitrogen and oxygen atoms in total. The summed E-state index contributed by atoms with van der Waals surface area (Å²) in [5.41, 5.74) is 0. The number of hydrogen-bond acceptors (Lipinski definition) is 15. The Bertz CT molecular complexity index is 911. The third-order valence-corrected chi connectivity index (χ3v) is 5.65. The molecule has 2 rings (SSSR count). The Morgan fingerprint density at radius 1 is 0.824 bits per heavy atom. The molecule has 1 amide bonds. The van der Waals surface area contributed by atoms with Crippen molar-refractivity contribution in [2.45, 2.75) is 68.3 Å². The van der Waals surface area contributed by atoms with Gasteiger partial charge in [-0.15, -0.1) is 0 Å². The molecule has 2 aliphatic rings. The molecule has 34 heavy (non-hydrogen) atoms. The van der Waals surface area contributed by atoms with Gasteiger partial charge < -0.3 is 45.1 Å². The summed E-state index contributed by atoms with van der Waals surface area (Å²) in [6, 6.07) is -1.57. The Kier molecular flexibility index (Phi) is 9.68. The van der Waals surface area contributed by atoms with E-state index in [2.05, 4.69) is 13.7 Å². The number of hydrogen-bond donors (Lipinski definition) is 8. The number of ether oxygens (including phenoxy) is 3. The molecule has 0 bridgehead atoms. The third kappa shape index (κ3) is 7.96. The maximum atomic E-state index is 11.5. The summed E-state index contributed by atoms with van der Waals surface area (Å²) in [7, 11) is -9.96. The maximum Gasteiger partial charge on any atom is 0.397 e. The summed E-state index contributed by atoms with van der Waals surface area (Å²) in [6.45, 7) is -1.04. The van der Waals surface area contributed by atoms with Crippen LogP contribution < -0.4 is 5.32 Å². The quantitative estimate of drug-likeness (QED) is 0.126. The van der Waals surface area contributed by atoms with Gasteiger partial charge in [-0.05, 0) is 0 Å². The van der Waals surface area contributed by atoms with Crippen molar-refractivity contribution in [2.24, 2.45) is 0 Å². The van der Waals surface area contributed by atoms with Crippen LogP contribution in [0.5, 0.6) is 0 Å². The fraction of sp³-hybridized carbons (Fsp3) is 0.929. The van der Waals surface area contributed by atoms with Gasteiger partial charge in [-0.1, -0.05) is 0 Å². The van der Waals surface area contributed by atoms with E-state index in [4.69, 9.17) is 23.3 Å². The summed E-state index contributed by atoms with van der Waals surface area (Å²) in [6.07, 6.45) is -17.0. The van der Waals surface area contributed by atoms with E-state index in [0.29, 0.717) is 0 Å². The van der Waals surface area contributed by atoms with E-state index in [1.807, 2.05) is 0 Å². The average Bonchev–Trinajstić information content (AvgIpc) is 2.69. The van der Waals surface area contributed by atoms with Gasteiger partial charge >= 0.3 is 20.8 Å². The molecule has 10 atom stereocenters. The molecule has 0 aromatic rings. The lowest BCUT2D eigenvalue weighted by atomic mass is 9.95. The first-order chi connectivity index (χ1) is 15.5. The van der Waals surface area contributed by atoms with E-state index < -0.39 is 101 Å². The van der Waals surface area contributed by atoms with Crippen LogP contribution in [-0.4, -0.2) is 132 Å². The second-order valence-corrected chi connectivity index (χ2v) is 9.50. The van der Waals surface area contributed by atoms with Crippen molar-refractivity contribution in [3.8, 4) is 0 Å². The fourth-order valence-corrected chi connectivity index (χ4v) is 3.86. The van der Waals surface area contributed by atoms with Crippen LogP contribution in [0.3, 0.4) is 0 Å². The SMILES string of the molecule is CC(=O)N[C@H]1C(O)O[C@H](COS(=O)(=O)O)[C@@H](O)[C@@H]1O[C@@H]1O[C@H](COS(=O)(=O)O)[C@H](O)[C@H](O)[C@H]1O. The van der Waals surface area contributed by atoms with Crippen LogP contribution in [0.1, 0.15) is 6.92 Å². The van der Waals surface area contributed by atoms with Gasteiger partial charge in [0.1, 0.15) is 48.8 Å². The zero-order chi connectivity index (χ0) is 26.0. The summed E-state index contributed by atoms with van der Waals surface area (Å²) < 4.78 is 84.4. The minimum atomic E-state index is -4.98. The Balaban J connectivity index is 2.26. The number of carbonyl (C=O) groups is 1. The average molecular weight is 543 g/mol.